The summed E-state index contributed by atoms with van der Waals surface area (Å²) in [5.74, 6) is 0.932. The molecule has 50 heavy (non-hydrogen) atoms. The van der Waals surface area contributed by atoms with Crippen LogP contribution in [0.2, 0.25) is 0 Å². The van der Waals surface area contributed by atoms with Crippen molar-refractivity contribution in [3.8, 4) is 0 Å². The summed E-state index contributed by atoms with van der Waals surface area (Å²) in [7, 11) is 21.3. The number of hydrogen-bond donors (Lipinski definition) is 4. The highest BCUT2D eigenvalue weighted by atomic mass is 15.2. The van der Waals surface area contributed by atoms with Crippen LogP contribution in [0.1, 0.15) is 60.8 Å². The minimum atomic E-state index is 0. The molecule has 5 aliphatic rings. The average molecular weight is 718 g/mol. The molecule has 0 unspecified atom stereocenters. The number of piperidine rings is 3. The summed E-state index contributed by atoms with van der Waals surface area (Å²) in [6, 6.07) is 1.56. The van der Waals surface area contributed by atoms with Gasteiger partial charge in [0.1, 0.15) is 0 Å². The summed E-state index contributed by atoms with van der Waals surface area (Å²) in [6.07, 6.45) is 7.99. The third-order valence-electron chi connectivity index (χ3n) is 10.6. The van der Waals surface area contributed by atoms with Gasteiger partial charge in [0.25, 0.3) is 0 Å². The van der Waals surface area contributed by atoms with Crippen molar-refractivity contribution in [2.24, 2.45) is 5.92 Å². The molecule has 0 aromatic rings. The van der Waals surface area contributed by atoms with Gasteiger partial charge in [-0.05, 0) is 161 Å². The highest BCUT2D eigenvalue weighted by Gasteiger charge is 2.16. The predicted molar refractivity (Wildman–Crippen MR) is 226 cm³/mol. The topological polar surface area (TPSA) is 70.8 Å². The van der Waals surface area contributed by atoms with Gasteiger partial charge in [-0.25, -0.2) is 0 Å². The molecular formula is C39H95N11. The molecule has 0 amide bonds. The predicted octanol–water partition coefficient (Wildman–Crippen LogP) is 2.37. The van der Waals surface area contributed by atoms with E-state index in [9.17, 15) is 0 Å². The van der Waals surface area contributed by atoms with Crippen LogP contribution in [0.15, 0.2) is 0 Å². The number of nitrogens with zero attached hydrogens (tertiary/aromatic N) is 7. The van der Waals surface area contributed by atoms with Crippen LogP contribution in [0, 0.1) is 5.92 Å². The molecule has 5 rings (SSSR count). The minimum absolute atomic E-state index is 0. The summed E-state index contributed by atoms with van der Waals surface area (Å²) in [5.41, 5.74) is 0. The van der Waals surface area contributed by atoms with Crippen LogP contribution in [0.25, 0.3) is 0 Å². The Morgan fingerprint density at radius 3 is 1.00 bits per heavy atom. The first kappa shape index (κ1) is 53.9. The molecule has 5 aliphatic heterocycles. The van der Waals surface area contributed by atoms with Crippen LogP contribution < -0.4 is 21.3 Å². The molecule has 0 saturated carbocycles. The summed E-state index contributed by atoms with van der Waals surface area (Å²) in [4.78, 5) is 16.8. The summed E-state index contributed by atoms with van der Waals surface area (Å²) in [5, 5.41) is 13.0. The Morgan fingerprint density at radius 2 is 0.700 bits per heavy atom. The summed E-state index contributed by atoms with van der Waals surface area (Å²) >= 11 is 0. The second-order valence-electron chi connectivity index (χ2n) is 14.9. The standard InChI is InChI=1S/C8H19N3.C8H18N2.2C7H16N2.C6H14N2.3CH4/c1-9-3-4-11-7-5-10(2)6-8-11;1-9-7-8-3-5-10(2)6-4-8;2*1-8-7-3-5-9(2)6-4-7;1-7-3-5-8(2)6-4-7;;;/h9H,3-8H2,1-2H3;8-9H,3-7H2,1-2H3;2*7-8H,3-6H2,1-2H3;3-6H2,1-2H3;3*1H4. The van der Waals surface area contributed by atoms with Crippen molar-refractivity contribution in [3.05, 3.63) is 0 Å². The second kappa shape index (κ2) is 34.3. The normalized spacial score (nSPS) is 22.7. The van der Waals surface area contributed by atoms with Crippen LogP contribution in [0.4, 0.5) is 0 Å². The van der Waals surface area contributed by atoms with E-state index >= 15 is 0 Å². The van der Waals surface area contributed by atoms with E-state index in [1.807, 2.05) is 14.1 Å². The van der Waals surface area contributed by atoms with Gasteiger partial charge in [0, 0.05) is 77.5 Å². The number of nitrogens with one attached hydrogen (secondary N) is 4. The van der Waals surface area contributed by atoms with E-state index in [-0.39, 0.29) is 22.3 Å². The van der Waals surface area contributed by atoms with Crippen LogP contribution in [0.3, 0.4) is 0 Å². The van der Waals surface area contributed by atoms with Gasteiger partial charge in [-0.2, -0.15) is 0 Å². The molecule has 0 bridgehead atoms. The molecule has 0 aliphatic carbocycles. The molecule has 0 aromatic heterocycles. The molecular weight excluding hydrogens is 623 g/mol. The lowest BCUT2D eigenvalue weighted by molar-refractivity contribution is 0.155. The van der Waals surface area contributed by atoms with E-state index in [2.05, 4.69) is 112 Å². The van der Waals surface area contributed by atoms with Gasteiger partial charge in [0.2, 0.25) is 0 Å². The average Bonchev–Trinajstić information content (AvgIpc) is 3.09. The van der Waals surface area contributed by atoms with Crippen molar-refractivity contribution in [2.75, 3.05) is 182 Å². The van der Waals surface area contributed by atoms with Crippen molar-refractivity contribution in [3.63, 3.8) is 0 Å². The number of likely N-dealkylation sites (N-methyl/N-ethyl adjacent to an activating group) is 4. The molecule has 5 fully saturated rings. The zero-order valence-corrected chi connectivity index (χ0v) is 33.1. The third kappa shape index (κ3) is 28.1. The SMILES string of the molecule is C.C.C.CN1CCN(C)CC1.CNC1CCN(C)CC1.CNC1CCN(C)CC1.CNCC1CCN(C)CC1.CNCCN1CCN(C)CC1. The molecule has 5 saturated heterocycles. The monoisotopic (exact) mass is 718 g/mol. The summed E-state index contributed by atoms with van der Waals surface area (Å²) < 4.78 is 0. The Balaban J connectivity index is -0.000000546. The molecule has 0 aromatic carbocycles. The van der Waals surface area contributed by atoms with Gasteiger partial charge < -0.3 is 50.7 Å². The second-order valence-corrected chi connectivity index (χ2v) is 14.9. The maximum Gasteiger partial charge on any atom is 0.0110 e. The first-order valence-electron chi connectivity index (χ1n) is 19.1. The fourth-order valence-electron chi connectivity index (χ4n) is 6.40. The van der Waals surface area contributed by atoms with Crippen LogP contribution in [0.5, 0.6) is 0 Å². The van der Waals surface area contributed by atoms with Crippen LogP contribution >= 0.6 is 0 Å². The van der Waals surface area contributed by atoms with Gasteiger partial charge >= 0.3 is 0 Å². The number of piperazine rings is 2. The Bertz CT molecular complexity index is 628. The highest BCUT2D eigenvalue weighted by Crippen LogP contribution is 2.14. The first-order valence-corrected chi connectivity index (χ1v) is 19.1. The molecule has 0 radical (unpaired) electrons. The minimum Gasteiger partial charge on any atom is -0.319 e. The number of hydrogen-bond acceptors (Lipinski definition) is 11. The lowest BCUT2D eigenvalue weighted by atomic mass is 9.97. The Kier molecular flexibility index (Phi) is 37.0. The fourth-order valence-corrected chi connectivity index (χ4v) is 6.40. The van der Waals surface area contributed by atoms with Crippen molar-refractivity contribution >= 4 is 0 Å². The molecule has 11 nitrogen and oxygen atoms in total. The third-order valence-corrected chi connectivity index (χ3v) is 10.6. The highest BCUT2D eigenvalue weighted by molar-refractivity contribution is 4.74. The van der Waals surface area contributed by atoms with Crippen molar-refractivity contribution in [2.45, 2.75) is 72.9 Å². The maximum absolute atomic E-state index is 3.30. The fraction of sp³-hybridized carbons (Fsp3) is 1.00. The van der Waals surface area contributed by atoms with Crippen LogP contribution in [-0.2, 0) is 0 Å². The molecule has 5 heterocycles. The number of rotatable bonds is 7. The largest absolute Gasteiger partial charge is 0.319 e. The van der Waals surface area contributed by atoms with Crippen LogP contribution in [-0.4, -0.2) is 228 Å². The molecule has 0 spiro atoms. The van der Waals surface area contributed by atoms with E-state index in [1.54, 1.807) is 0 Å². The first-order chi connectivity index (χ1) is 22.6. The Labute approximate surface area is 315 Å². The lowest BCUT2D eigenvalue weighted by Gasteiger charge is -2.32. The van der Waals surface area contributed by atoms with E-state index in [4.69, 9.17) is 0 Å². The zero-order chi connectivity index (χ0) is 34.9. The summed E-state index contributed by atoms with van der Waals surface area (Å²) in [6.45, 7) is 21.0. The molecule has 11 heteroatoms. The van der Waals surface area contributed by atoms with Crippen molar-refractivity contribution in [1.29, 1.82) is 0 Å². The quantitative estimate of drug-likeness (QED) is 0.314. The lowest BCUT2D eigenvalue weighted by Crippen LogP contribution is -2.46. The van der Waals surface area contributed by atoms with Crippen molar-refractivity contribution in [1.82, 2.24) is 55.6 Å². The van der Waals surface area contributed by atoms with E-state index in [1.165, 1.54) is 143 Å². The van der Waals surface area contributed by atoms with E-state index in [0.717, 1.165) is 24.5 Å². The smallest absolute Gasteiger partial charge is 0.0110 e. The van der Waals surface area contributed by atoms with Crippen molar-refractivity contribution < 1.29 is 0 Å². The van der Waals surface area contributed by atoms with E-state index < -0.39 is 0 Å². The Hall–Kier alpha value is -0.440. The zero-order valence-electron chi connectivity index (χ0n) is 33.1. The van der Waals surface area contributed by atoms with Gasteiger partial charge in [0.05, 0.1) is 0 Å². The molecule has 4 N–H and O–H groups in total. The number of likely N-dealkylation sites (tertiary alicyclic amines) is 3. The Morgan fingerprint density at radius 1 is 0.400 bits per heavy atom. The van der Waals surface area contributed by atoms with Gasteiger partial charge in [-0.1, -0.05) is 22.3 Å². The molecule has 0 atom stereocenters. The maximum atomic E-state index is 3.30. The van der Waals surface area contributed by atoms with Gasteiger partial charge in [-0.15, -0.1) is 0 Å². The van der Waals surface area contributed by atoms with E-state index in [0.29, 0.717) is 0 Å². The van der Waals surface area contributed by atoms with Gasteiger partial charge in [0.15, 0.2) is 0 Å². The van der Waals surface area contributed by atoms with Gasteiger partial charge in [-0.3, -0.25) is 4.90 Å². The molecule has 306 valence electrons.